The number of benzene rings is 2. The van der Waals surface area contributed by atoms with Crippen molar-refractivity contribution in [1.29, 1.82) is 0 Å². The van der Waals surface area contributed by atoms with Crippen molar-refractivity contribution in [3.63, 3.8) is 0 Å². The third-order valence-electron chi connectivity index (χ3n) is 5.01. The molecule has 0 spiro atoms. The van der Waals surface area contributed by atoms with E-state index >= 15 is 0 Å². The average molecular weight is 468 g/mol. The van der Waals surface area contributed by atoms with Crippen molar-refractivity contribution in [2.75, 3.05) is 6.61 Å². The highest BCUT2D eigenvalue weighted by Crippen LogP contribution is 2.24. The van der Waals surface area contributed by atoms with Crippen molar-refractivity contribution in [2.24, 2.45) is 0 Å². The summed E-state index contributed by atoms with van der Waals surface area (Å²) in [4.78, 5) is 27.6. The van der Waals surface area contributed by atoms with E-state index in [4.69, 9.17) is 27.9 Å². The number of halogens is 2. The molecule has 0 fully saturated rings. The maximum absolute atomic E-state index is 12.4. The van der Waals surface area contributed by atoms with E-state index in [2.05, 4.69) is 10.1 Å². The first kappa shape index (κ1) is 21.9. The number of hydrogen-bond donors (Lipinski definition) is 1. The normalized spacial score (nSPS) is 11.3. The van der Waals surface area contributed by atoms with Crippen molar-refractivity contribution < 1.29 is 14.3 Å². The van der Waals surface area contributed by atoms with E-state index in [1.165, 1.54) is 12.2 Å². The molecule has 0 bridgehead atoms. The number of rotatable bonds is 7. The lowest BCUT2D eigenvalue weighted by Gasteiger charge is -2.05. The summed E-state index contributed by atoms with van der Waals surface area (Å²) < 4.78 is 6.73. The fourth-order valence-corrected chi connectivity index (χ4v) is 3.86. The highest BCUT2D eigenvalue weighted by molar-refractivity contribution is 6.32. The van der Waals surface area contributed by atoms with Crippen LogP contribution >= 0.6 is 23.2 Å². The van der Waals surface area contributed by atoms with Crippen LogP contribution in [0.1, 0.15) is 27.2 Å². The highest BCUT2D eigenvalue weighted by Gasteiger charge is 2.15. The molecule has 8 heteroatoms. The minimum atomic E-state index is -0.646. The lowest BCUT2D eigenvalue weighted by molar-refractivity contribution is -0.136. The first-order valence-corrected chi connectivity index (χ1v) is 10.6. The van der Waals surface area contributed by atoms with Crippen LogP contribution in [-0.4, -0.2) is 33.1 Å². The van der Waals surface area contributed by atoms with Gasteiger partial charge >= 0.3 is 5.97 Å². The predicted octanol–water partition coefficient (Wildman–Crippen LogP) is 5.47. The number of nitrogens with one attached hydrogen (secondary N) is 1. The first-order chi connectivity index (χ1) is 15.4. The molecule has 162 valence electrons. The van der Waals surface area contributed by atoms with E-state index in [0.717, 1.165) is 16.5 Å². The first-order valence-electron chi connectivity index (χ1n) is 9.84. The fourth-order valence-electron chi connectivity index (χ4n) is 3.37. The maximum atomic E-state index is 12.4. The van der Waals surface area contributed by atoms with Crippen LogP contribution in [0.15, 0.2) is 60.8 Å². The summed E-state index contributed by atoms with van der Waals surface area (Å²) in [6.45, 7) is 1.83. The van der Waals surface area contributed by atoms with Crippen LogP contribution in [-0.2, 0) is 16.1 Å². The smallest absolute Gasteiger partial charge is 0.331 e. The van der Waals surface area contributed by atoms with Gasteiger partial charge in [-0.05, 0) is 30.7 Å². The minimum Gasteiger partial charge on any atom is -0.454 e. The Morgan fingerprint density at radius 1 is 1.12 bits per heavy atom. The number of aromatic nitrogens is 3. The summed E-state index contributed by atoms with van der Waals surface area (Å²) in [5.41, 5.74) is 3.46. The number of nitrogens with zero attached hydrogens (tertiary/aromatic N) is 2. The summed E-state index contributed by atoms with van der Waals surface area (Å²) in [7, 11) is 0. The summed E-state index contributed by atoms with van der Waals surface area (Å²) >= 11 is 12.7. The molecule has 32 heavy (non-hydrogen) atoms. The lowest BCUT2D eigenvalue weighted by Crippen LogP contribution is -2.12. The number of aryl methyl sites for hydroxylation is 1. The van der Waals surface area contributed by atoms with Gasteiger partial charge in [0.25, 0.3) is 0 Å². The standard InChI is InChI=1S/C24H19Cl2N3O3/c1-15-17(24(26)29(28-15)13-16-6-2-4-8-20(16)25)10-11-23(31)32-14-22(30)19-12-27-21-9-5-3-7-18(19)21/h2-12,27H,13-14H2,1H3/b11-10+. The molecule has 0 unspecified atom stereocenters. The van der Waals surface area contributed by atoms with Crippen LogP contribution in [0.5, 0.6) is 0 Å². The molecule has 1 N–H and O–H groups in total. The summed E-state index contributed by atoms with van der Waals surface area (Å²) in [5, 5.41) is 6.21. The molecule has 0 radical (unpaired) electrons. The molecule has 0 saturated heterocycles. The Labute approximate surface area is 194 Å². The molecule has 0 aliphatic rings. The number of carbonyl (C=O) groups excluding carboxylic acids is 2. The molecule has 6 nitrogen and oxygen atoms in total. The topological polar surface area (TPSA) is 77.0 Å². The van der Waals surface area contributed by atoms with Gasteiger partial charge in [0.05, 0.1) is 12.2 Å². The van der Waals surface area contributed by atoms with Crippen molar-refractivity contribution >= 4 is 51.9 Å². The second-order valence-electron chi connectivity index (χ2n) is 7.15. The van der Waals surface area contributed by atoms with Gasteiger partial charge in [-0.1, -0.05) is 59.6 Å². The van der Waals surface area contributed by atoms with Gasteiger partial charge in [0, 0.05) is 39.3 Å². The van der Waals surface area contributed by atoms with Crippen LogP contribution in [0.3, 0.4) is 0 Å². The largest absolute Gasteiger partial charge is 0.454 e. The molecule has 4 aromatic rings. The highest BCUT2D eigenvalue weighted by atomic mass is 35.5. The SMILES string of the molecule is Cc1nn(Cc2ccccc2Cl)c(Cl)c1/C=C/C(=O)OCC(=O)c1c[nH]c2ccccc12. The van der Waals surface area contributed by atoms with E-state index in [1.54, 1.807) is 23.9 Å². The zero-order chi connectivity index (χ0) is 22.7. The molecular formula is C24H19Cl2N3O3. The van der Waals surface area contributed by atoms with Crippen molar-refractivity contribution in [1.82, 2.24) is 14.8 Å². The van der Waals surface area contributed by atoms with Gasteiger partial charge < -0.3 is 9.72 Å². The van der Waals surface area contributed by atoms with E-state index in [1.807, 2.05) is 42.5 Å². The van der Waals surface area contributed by atoms with E-state index in [0.29, 0.717) is 33.5 Å². The Kier molecular flexibility index (Phi) is 6.44. The quantitative estimate of drug-likeness (QED) is 0.222. The van der Waals surface area contributed by atoms with Crippen LogP contribution in [0.2, 0.25) is 10.2 Å². The van der Waals surface area contributed by atoms with Gasteiger partial charge in [0.1, 0.15) is 5.15 Å². The Morgan fingerprint density at radius 3 is 2.69 bits per heavy atom. The Hall–Kier alpha value is -3.35. The molecular weight excluding hydrogens is 449 g/mol. The molecule has 0 aliphatic carbocycles. The maximum Gasteiger partial charge on any atom is 0.331 e. The van der Waals surface area contributed by atoms with Gasteiger partial charge in [-0.2, -0.15) is 5.10 Å². The van der Waals surface area contributed by atoms with Crippen LogP contribution < -0.4 is 0 Å². The third kappa shape index (κ3) is 4.61. The zero-order valence-electron chi connectivity index (χ0n) is 17.1. The van der Waals surface area contributed by atoms with Gasteiger partial charge in [0.15, 0.2) is 6.61 Å². The Balaban J connectivity index is 1.41. The van der Waals surface area contributed by atoms with Crippen molar-refractivity contribution in [3.8, 4) is 0 Å². The number of esters is 1. The van der Waals surface area contributed by atoms with E-state index < -0.39 is 5.97 Å². The number of ether oxygens (including phenoxy) is 1. The monoisotopic (exact) mass is 467 g/mol. The summed E-state index contributed by atoms with van der Waals surface area (Å²) in [6.07, 6.45) is 4.39. The van der Waals surface area contributed by atoms with Crippen LogP contribution in [0.25, 0.3) is 17.0 Å². The average Bonchev–Trinajstić information content (AvgIpc) is 3.33. The Morgan fingerprint density at radius 2 is 1.88 bits per heavy atom. The molecule has 0 aliphatic heterocycles. The van der Waals surface area contributed by atoms with Crippen molar-refractivity contribution in [2.45, 2.75) is 13.5 Å². The molecule has 0 amide bonds. The summed E-state index contributed by atoms with van der Waals surface area (Å²) in [6, 6.07) is 14.9. The van der Waals surface area contributed by atoms with E-state index in [9.17, 15) is 9.59 Å². The number of carbonyl (C=O) groups is 2. The van der Waals surface area contributed by atoms with Crippen LogP contribution in [0.4, 0.5) is 0 Å². The summed E-state index contributed by atoms with van der Waals surface area (Å²) in [5.74, 6) is -0.932. The number of hydrogen-bond acceptors (Lipinski definition) is 4. The van der Waals surface area contributed by atoms with Gasteiger partial charge in [-0.15, -0.1) is 0 Å². The number of H-pyrrole nitrogens is 1. The van der Waals surface area contributed by atoms with Gasteiger partial charge in [-0.3, -0.25) is 4.79 Å². The third-order valence-corrected chi connectivity index (χ3v) is 5.78. The second-order valence-corrected chi connectivity index (χ2v) is 7.92. The van der Waals surface area contributed by atoms with Crippen molar-refractivity contribution in [3.05, 3.63) is 93.4 Å². The number of fused-ring (bicyclic) bond motifs is 1. The lowest BCUT2D eigenvalue weighted by atomic mass is 10.1. The molecule has 2 heterocycles. The molecule has 2 aromatic heterocycles. The minimum absolute atomic E-state index is 0.286. The predicted molar refractivity (Wildman–Crippen MR) is 125 cm³/mol. The molecule has 4 rings (SSSR count). The number of Topliss-reactive ketones (excluding diaryl/α,β-unsaturated/α-hetero) is 1. The molecule has 0 saturated carbocycles. The molecule has 0 atom stereocenters. The number of ketones is 1. The van der Waals surface area contributed by atoms with E-state index in [-0.39, 0.29) is 12.4 Å². The molecule has 2 aromatic carbocycles. The number of aromatic amines is 1. The van der Waals surface area contributed by atoms with Crippen LogP contribution in [0, 0.1) is 6.92 Å². The second kappa shape index (κ2) is 9.42. The zero-order valence-corrected chi connectivity index (χ0v) is 18.7. The Bertz CT molecular complexity index is 1340. The number of para-hydroxylation sites is 1. The van der Waals surface area contributed by atoms with Gasteiger partial charge in [0.2, 0.25) is 5.78 Å². The van der Waals surface area contributed by atoms with Gasteiger partial charge in [-0.25, -0.2) is 9.48 Å². The fraction of sp³-hybridized carbons (Fsp3) is 0.125.